The summed E-state index contributed by atoms with van der Waals surface area (Å²) in [5.74, 6) is -0.343. The van der Waals surface area contributed by atoms with Crippen molar-refractivity contribution in [3.8, 4) is 16.3 Å². The van der Waals surface area contributed by atoms with Crippen molar-refractivity contribution in [2.45, 2.75) is 19.7 Å². The van der Waals surface area contributed by atoms with Crippen molar-refractivity contribution in [3.63, 3.8) is 0 Å². The lowest BCUT2D eigenvalue weighted by molar-refractivity contribution is -0.137. The SMILES string of the molecule is Cc1nc(-c2ccc(C(F)(F)F)cc2)sc1COc1ccc(NCC(=O)O)cc1. The van der Waals surface area contributed by atoms with Gasteiger partial charge < -0.3 is 15.2 Å². The molecule has 0 amide bonds. The van der Waals surface area contributed by atoms with Crippen molar-refractivity contribution in [3.05, 3.63) is 64.7 Å². The molecule has 0 saturated heterocycles. The van der Waals surface area contributed by atoms with E-state index in [4.69, 9.17) is 9.84 Å². The highest BCUT2D eigenvalue weighted by atomic mass is 32.1. The van der Waals surface area contributed by atoms with Crippen LogP contribution >= 0.6 is 11.3 Å². The molecule has 1 heterocycles. The predicted octanol–water partition coefficient (Wildman–Crippen LogP) is 5.21. The van der Waals surface area contributed by atoms with Gasteiger partial charge in [0.1, 0.15) is 23.9 Å². The lowest BCUT2D eigenvalue weighted by Gasteiger charge is -2.07. The largest absolute Gasteiger partial charge is 0.488 e. The summed E-state index contributed by atoms with van der Waals surface area (Å²) in [6.45, 7) is 1.92. The Hall–Kier alpha value is -3.07. The molecule has 0 spiro atoms. The number of carbonyl (C=O) groups is 1. The Morgan fingerprint density at radius 3 is 2.38 bits per heavy atom. The molecule has 0 saturated carbocycles. The number of aliphatic carboxylic acids is 1. The predicted molar refractivity (Wildman–Crippen MR) is 104 cm³/mol. The number of nitrogens with zero attached hydrogens (tertiary/aromatic N) is 1. The number of ether oxygens (including phenoxy) is 1. The molecule has 0 aliphatic carbocycles. The van der Waals surface area contributed by atoms with Gasteiger partial charge in [-0.05, 0) is 43.3 Å². The van der Waals surface area contributed by atoms with Gasteiger partial charge >= 0.3 is 12.1 Å². The molecule has 5 nitrogen and oxygen atoms in total. The molecular weight excluding hydrogens is 405 g/mol. The number of aryl methyl sites for hydroxylation is 1. The van der Waals surface area contributed by atoms with Crippen LogP contribution in [0.25, 0.3) is 10.6 Å². The Morgan fingerprint density at radius 2 is 1.79 bits per heavy atom. The molecular formula is C20H17F3N2O3S. The first-order valence-electron chi connectivity index (χ1n) is 8.55. The first kappa shape index (κ1) is 20.7. The zero-order valence-corrected chi connectivity index (χ0v) is 16.1. The van der Waals surface area contributed by atoms with E-state index in [1.807, 2.05) is 6.92 Å². The van der Waals surface area contributed by atoms with Gasteiger partial charge in [0.05, 0.1) is 16.1 Å². The molecule has 3 aromatic rings. The van der Waals surface area contributed by atoms with E-state index >= 15 is 0 Å². The van der Waals surface area contributed by atoms with Crippen LogP contribution in [-0.4, -0.2) is 22.6 Å². The van der Waals surface area contributed by atoms with E-state index in [0.29, 0.717) is 22.0 Å². The number of aromatic nitrogens is 1. The molecule has 0 aliphatic rings. The molecule has 152 valence electrons. The fourth-order valence-corrected chi connectivity index (χ4v) is 3.46. The lowest BCUT2D eigenvalue weighted by atomic mass is 10.1. The van der Waals surface area contributed by atoms with Gasteiger partial charge in [-0.25, -0.2) is 4.98 Å². The number of thiazole rings is 1. The van der Waals surface area contributed by atoms with Crippen molar-refractivity contribution in [1.29, 1.82) is 0 Å². The van der Waals surface area contributed by atoms with Crippen molar-refractivity contribution >= 4 is 23.0 Å². The van der Waals surface area contributed by atoms with Gasteiger partial charge in [-0.2, -0.15) is 13.2 Å². The van der Waals surface area contributed by atoms with Crippen LogP contribution in [0.15, 0.2) is 48.5 Å². The van der Waals surface area contributed by atoms with E-state index in [2.05, 4.69) is 10.3 Å². The number of carboxylic acid groups (broad SMARTS) is 1. The van der Waals surface area contributed by atoms with Crippen LogP contribution in [0.2, 0.25) is 0 Å². The summed E-state index contributed by atoms with van der Waals surface area (Å²) < 4.78 is 43.8. The van der Waals surface area contributed by atoms with Crippen molar-refractivity contribution < 1.29 is 27.8 Å². The average molecular weight is 422 g/mol. The second kappa shape index (κ2) is 8.52. The van der Waals surface area contributed by atoms with E-state index in [0.717, 1.165) is 22.7 Å². The van der Waals surface area contributed by atoms with E-state index < -0.39 is 17.7 Å². The highest BCUT2D eigenvalue weighted by Crippen LogP contribution is 2.33. The van der Waals surface area contributed by atoms with Crippen LogP contribution in [0.5, 0.6) is 5.75 Å². The number of alkyl halides is 3. The second-order valence-electron chi connectivity index (χ2n) is 6.16. The minimum absolute atomic E-state index is 0.174. The Morgan fingerprint density at radius 1 is 1.14 bits per heavy atom. The first-order chi connectivity index (χ1) is 13.7. The third kappa shape index (κ3) is 5.47. The quantitative estimate of drug-likeness (QED) is 0.547. The third-order valence-electron chi connectivity index (χ3n) is 4.02. The number of carboxylic acids is 1. The second-order valence-corrected chi connectivity index (χ2v) is 7.25. The molecule has 29 heavy (non-hydrogen) atoms. The van der Waals surface area contributed by atoms with Crippen LogP contribution in [0.4, 0.5) is 18.9 Å². The Kier molecular flexibility index (Phi) is 6.07. The Bertz CT molecular complexity index is 984. The summed E-state index contributed by atoms with van der Waals surface area (Å²) in [4.78, 5) is 15.9. The summed E-state index contributed by atoms with van der Waals surface area (Å²) in [6.07, 6.45) is -4.37. The van der Waals surface area contributed by atoms with Gasteiger partial charge in [0.15, 0.2) is 0 Å². The van der Waals surface area contributed by atoms with Crippen LogP contribution in [-0.2, 0) is 17.6 Å². The molecule has 9 heteroatoms. The maximum absolute atomic E-state index is 12.7. The molecule has 0 bridgehead atoms. The Labute approximate surface area is 168 Å². The number of halogens is 3. The summed E-state index contributed by atoms with van der Waals surface area (Å²) in [5, 5.41) is 12.0. The van der Waals surface area contributed by atoms with Crippen molar-refractivity contribution in [1.82, 2.24) is 4.98 Å². The van der Waals surface area contributed by atoms with E-state index in [1.165, 1.54) is 23.5 Å². The van der Waals surface area contributed by atoms with Gasteiger partial charge in [0.25, 0.3) is 0 Å². The van der Waals surface area contributed by atoms with Gasteiger partial charge in [-0.3, -0.25) is 4.79 Å². The Balaban J connectivity index is 1.64. The van der Waals surface area contributed by atoms with Crippen LogP contribution in [0.1, 0.15) is 16.1 Å². The molecule has 0 aliphatic heterocycles. The van der Waals surface area contributed by atoms with Gasteiger partial charge in [0, 0.05) is 11.3 Å². The van der Waals surface area contributed by atoms with E-state index in [-0.39, 0.29) is 13.2 Å². The minimum Gasteiger partial charge on any atom is -0.488 e. The molecule has 1 aromatic heterocycles. The van der Waals surface area contributed by atoms with Gasteiger partial charge in [0.2, 0.25) is 0 Å². The molecule has 2 N–H and O–H groups in total. The standard InChI is InChI=1S/C20H17F3N2O3S/c1-12-17(11-28-16-8-6-15(7-9-16)24-10-18(26)27)29-19(25-12)13-2-4-14(5-3-13)20(21,22)23/h2-9,24H,10-11H2,1H3,(H,26,27). The fraction of sp³-hybridized carbons (Fsp3) is 0.200. The van der Waals surface area contributed by atoms with Crippen LogP contribution < -0.4 is 10.1 Å². The summed E-state index contributed by atoms with van der Waals surface area (Å²) in [5.41, 5.74) is 1.34. The first-order valence-corrected chi connectivity index (χ1v) is 9.36. The number of nitrogens with one attached hydrogen (secondary N) is 1. The molecule has 0 atom stereocenters. The number of benzene rings is 2. The highest BCUT2D eigenvalue weighted by molar-refractivity contribution is 7.15. The van der Waals surface area contributed by atoms with Gasteiger partial charge in [-0.15, -0.1) is 11.3 Å². The molecule has 2 aromatic carbocycles. The zero-order chi connectivity index (χ0) is 21.0. The number of rotatable bonds is 7. The number of hydrogen-bond acceptors (Lipinski definition) is 5. The summed E-state index contributed by atoms with van der Waals surface area (Å²) in [7, 11) is 0. The lowest BCUT2D eigenvalue weighted by Crippen LogP contribution is -2.12. The highest BCUT2D eigenvalue weighted by Gasteiger charge is 2.30. The van der Waals surface area contributed by atoms with E-state index in [9.17, 15) is 18.0 Å². The molecule has 0 unspecified atom stereocenters. The molecule has 3 rings (SSSR count). The number of hydrogen-bond donors (Lipinski definition) is 2. The molecule has 0 radical (unpaired) electrons. The number of anilines is 1. The monoisotopic (exact) mass is 422 g/mol. The van der Waals surface area contributed by atoms with E-state index in [1.54, 1.807) is 24.3 Å². The van der Waals surface area contributed by atoms with Crippen LogP contribution in [0, 0.1) is 6.92 Å². The third-order valence-corrected chi connectivity index (χ3v) is 5.20. The minimum atomic E-state index is -4.37. The smallest absolute Gasteiger partial charge is 0.416 e. The topological polar surface area (TPSA) is 71.5 Å². The summed E-state index contributed by atoms with van der Waals surface area (Å²) >= 11 is 1.36. The van der Waals surface area contributed by atoms with Crippen molar-refractivity contribution in [2.24, 2.45) is 0 Å². The maximum atomic E-state index is 12.7. The average Bonchev–Trinajstić information content (AvgIpc) is 3.05. The van der Waals surface area contributed by atoms with Crippen molar-refractivity contribution in [2.75, 3.05) is 11.9 Å². The fourth-order valence-electron chi connectivity index (χ4n) is 2.48. The normalized spacial score (nSPS) is 11.3. The summed E-state index contributed by atoms with van der Waals surface area (Å²) in [6, 6.07) is 11.8. The van der Waals surface area contributed by atoms with Crippen LogP contribution in [0.3, 0.4) is 0 Å². The molecule has 0 fully saturated rings. The van der Waals surface area contributed by atoms with Gasteiger partial charge in [-0.1, -0.05) is 12.1 Å². The maximum Gasteiger partial charge on any atom is 0.416 e. The zero-order valence-electron chi connectivity index (χ0n) is 15.3.